The van der Waals surface area contributed by atoms with Gasteiger partial charge in [0, 0.05) is 5.92 Å². The lowest BCUT2D eigenvalue weighted by Crippen LogP contribution is -2.50. The van der Waals surface area contributed by atoms with Gasteiger partial charge in [-0.25, -0.2) is 0 Å². The lowest BCUT2D eigenvalue weighted by molar-refractivity contribution is -0.274. The summed E-state index contributed by atoms with van der Waals surface area (Å²) < 4.78 is 37.6. The molecule has 0 aliphatic heterocycles. The minimum Gasteiger partial charge on any atom is -0.380 e. The molecule has 0 amide bonds. The number of rotatable bonds is 1. The van der Waals surface area contributed by atoms with Crippen molar-refractivity contribution in [1.82, 2.24) is 0 Å². The van der Waals surface area contributed by atoms with E-state index in [0.717, 1.165) is 13.3 Å². The van der Waals surface area contributed by atoms with Crippen molar-refractivity contribution < 1.29 is 18.3 Å². The largest absolute Gasteiger partial charge is 0.417 e. The van der Waals surface area contributed by atoms with Gasteiger partial charge in [-0.2, -0.15) is 13.2 Å². The van der Waals surface area contributed by atoms with Crippen LogP contribution in [-0.4, -0.2) is 16.9 Å². The van der Waals surface area contributed by atoms with Crippen LogP contribution in [-0.2, 0) is 0 Å². The van der Waals surface area contributed by atoms with Crippen molar-refractivity contribution in [2.45, 2.75) is 31.5 Å². The van der Waals surface area contributed by atoms with Gasteiger partial charge < -0.3 is 5.11 Å². The Balaban J connectivity index is 2.20. The minimum atomic E-state index is -4.52. The van der Waals surface area contributed by atoms with Crippen molar-refractivity contribution in [3.63, 3.8) is 0 Å². The Morgan fingerprint density at radius 1 is 1.21 bits per heavy atom. The lowest BCUT2D eigenvalue weighted by atomic mass is 9.79. The fourth-order valence-electron chi connectivity index (χ4n) is 2.64. The summed E-state index contributed by atoms with van der Waals surface area (Å²) >= 11 is 0. The third kappa shape index (κ3) is 1.28. The molecule has 1 nitrogen and oxygen atoms in total. The van der Waals surface area contributed by atoms with Gasteiger partial charge in [0.15, 0.2) is 5.60 Å². The maximum Gasteiger partial charge on any atom is 0.417 e. The van der Waals surface area contributed by atoms with E-state index in [4.69, 9.17) is 0 Å². The van der Waals surface area contributed by atoms with Gasteiger partial charge in [-0.05, 0) is 31.6 Å². The zero-order valence-corrected chi connectivity index (χ0v) is 7.88. The van der Waals surface area contributed by atoms with Crippen LogP contribution in [0.4, 0.5) is 13.2 Å². The summed E-state index contributed by atoms with van der Waals surface area (Å²) in [6.07, 6.45) is 0.507. The normalized spacial score (nSPS) is 40.2. The number of aliphatic hydroxyl groups is 1. The van der Waals surface area contributed by atoms with Crippen LogP contribution in [0.2, 0.25) is 0 Å². The van der Waals surface area contributed by atoms with Crippen molar-refractivity contribution in [3.05, 3.63) is 12.2 Å². The van der Waals surface area contributed by atoms with Crippen molar-refractivity contribution in [2.24, 2.45) is 17.8 Å². The highest BCUT2D eigenvalue weighted by atomic mass is 19.4. The van der Waals surface area contributed by atoms with Crippen LogP contribution in [0.1, 0.15) is 19.8 Å². The van der Waals surface area contributed by atoms with Crippen LogP contribution in [0, 0.1) is 17.8 Å². The van der Waals surface area contributed by atoms with Crippen LogP contribution < -0.4 is 0 Å². The topological polar surface area (TPSA) is 20.2 Å². The number of hydrogen-bond acceptors (Lipinski definition) is 1. The Morgan fingerprint density at radius 3 is 2.21 bits per heavy atom. The van der Waals surface area contributed by atoms with E-state index >= 15 is 0 Å². The first-order valence-corrected chi connectivity index (χ1v) is 4.80. The molecule has 0 aromatic heterocycles. The van der Waals surface area contributed by atoms with E-state index in [1.165, 1.54) is 0 Å². The second kappa shape index (κ2) is 2.75. The average molecular weight is 206 g/mol. The quantitative estimate of drug-likeness (QED) is 0.653. The highest BCUT2D eigenvalue weighted by Crippen LogP contribution is 2.52. The molecule has 0 heterocycles. The molecule has 0 radical (unpaired) electrons. The molecule has 4 heteroatoms. The summed E-state index contributed by atoms with van der Waals surface area (Å²) in [6, 6.07) is 0. The van der Waals surface area contributed by atoms with Gasteiger partial charge in [-0.1, -0.05) is 12.2 Å². The van der Waals surface area contributed by atoms with E-state index in [-0.39, 0.29) is 11.8 Å². The first-order chi connectivity index (χ1) is 6.32. The van der Waals surface area contributed by atoms with E-state index in [1.807, 2.05) is 12.2 Å². The monoisotopic (exact) mass is 206 g/mol. The molecule has 4 atom stereocenters. The van der Waals surface area contributed by atoms with E-state index in [1.54, 1.807) is 0 Å². The Kier molecular flexibility index (Phi) is 1.97. The smallest absolute Gasteiger partial charge is 0.380 e. The third-order valence-electron chi connectivity index (χ3n) is 3.57. The number of alkyl halides is 3. The second-order valence-corrected chi connectivity index (χ2v) is 4.53. The molecule has 1 N–H and O–H groups in total. The third-order valence-corrected chi connectivity index (χ3v) is 3.57. The van der Waals surface area contributed by atoms with E-state index in [0.29, 0.717) is 6.42 Å². The first kappa shape index (κ1) is 10.0. The van der Waals surface area contributed by atoms with Crippen molar-refractivity contribution in [1.29, 1.82) is 0 Å². The molecule has 1 fully saturated rings. The zero-order chi connectivity index (χ0) is 10.6. The summed E-state index contributed by atoms with van der Waals surface area (Å²) in [5, 5.41) is 9.51. The van der Waals surface area contributed by atoms with E-state index < -0.39 is 17.7 Å². The lowest BCUT2D eigenvalue weighted by Gasteiger charge is -2.35. The molecule has 14 heavy (non-hydrogen) atoms. The molecule has 2 bridgehead atoms. The molecular formula is C10H13F3O. The summed E-state index contributed by atoms with van der Waals surface area (Å²) in [6.45, 7) is 0.895. The Hall–Kier alpha value is -0.510. The molecule has 0 spiro atoms. The second-order valence-electron chi connectivity index (χ2n) is 4.53. The molecule has 0 aromatic carbocycles. The summed E-state index contributed by atoms with van der Waals surface area (Å²) in [7, 11) is 0. The molecule has 80 valence electrons. The molecule has 2 aliphatic carbocycles. The molecular weight excluding hydrogens is 193 g/mol. The van der Waals surface area contributed by atoms with Crippen molar-refractivity contribution in [3.8, 4) is 0 Å². The van der Waals surface area contributed by atoms with Gasteiger partial charge in [0.1, 0.15) is 0 Å². The number of hydrogen-bond donors (Lipinski definition) is 1. The number of fused-ring (bicyclic) bond motifs is 2. The van der Waals surface area contributed by atoms with Crippen molar-refractivity contribution >= 4 is 0 Å². The van der Waals surface area contributed by atoms with Crippen LogP contribution >= 0.6 is 0 Å². The highest BCUT2D eigenvalue weighted by molar-refractivity contribution is 5.14. The Morgan fingerprint density at radius 2 is 1.86 bits per heavy atom. The Labute approximate surface area is 80.6 Å². The fraction of sp³-hybridized carbons (Fsp3) is 0.800. The summed E-state index contributed by atoms with van der Waals surface area (Å²) in [5.74, 6) is -0.493. The zero-order valence-electron chi connectivity index (χ0n) is 7.88. The predicted molar refractivity (Wildman–Crippen MR) is 45.5 cm³/mol. The minimum absolute atomic E-state index is 0.0865. The fourth-order valence-corrected chi connectivity index (χ4v) is 2.64. The standard InChI is InChI=1S/C10H13F3O/c1-9(14,10(11,12)13)8-5-6-2-3-7(8)4-6/h2-3,6-8,14H,4-5H2,1H3. The van der Waals surface area contributed by atoms with E-state index in [9.17, 15) is 18.3 Å². The predicted octanol–water partition coefficient (Wildman–Crippen LogP) is 2.51. The molecule has 2 aliphatic rings. The number of halogens is 3. The molecule has 0 aromatic rings. The van der Waals surface area contributed by atoms with Gasteiger partial charge in [0.25, 0.3) is 0 Å². The SMILES string of the molecule is CC(O)(C1CC2C=CC1C2)C(F)(F)F. The van der Waals surface area contributed by atoms with Crippen LogP contribution in [0.5, 0.6) is 0 Å². The van der Waals surface area contributed by atoms with Crippen LogP contribution in [0.15, 0.2) is 12.2 Å². The van der Waals surface area contributed by atoms with Gasteiger partial charge in [-0.3, -0.25) is 0 Å². The molecule has 1 saturated carbocycles. The van der Waals surface area contributed by atoms with Crippen LogP contribution in [0.25, 0.3) is 0 Å². The molecule has 4 unspecified atom stereocenters. The maximum absolute atomic E-state index is 12.5. The van der Waals surface area contributed by atoms with Gasteiger partial charge in [0.05, 0.1) is 0 Å². The summed E-state index contributed by atoms with van der Waals surface area (Å²) in [4.78, 5) is 0. The van der Waals surface area contributed by atoms with Crippen molar-refractivity contribution in [2.75, 3.05) is 0 Å². The highest BCUT2D eigenvalue weighted by Gasteiger charge is 2.59. The van der Waals surface area contributed by atoms with Gasteiger partial charge in [-0.15, -0.1) is 0 Å². The van der Waals surface area contributed by atoms with E-state index in [2.05, 4.69) is 0 Å². The number of allylic oxidation sites excluding steroid dienone is 2. The van der Waals surface area contributed by atoms with Gasteiger partial charge in [0.2, 0.25) is 0 Å². The average Bonchev–Trinajstić information content (AvgIpc) is 2.61. The first-order valence-electron chi connectivity index (χ1n) is 4.80. The summed E-state index contributed by atoms with van der Waals surface area (Å²) in [5.41, 5.74) is -2.53. The van der Waals surface area contributed by atoms with Gasteiger partial charge >= 0.3 is 6.18 Å². The Bertz CT molecular complexity index is 267. The molecule has 0 saturated heterocycles. The maximum atomic E-state index is 12.5. The molecule has 2 rings (SSSR count). The van der Waals surface area contributed by atoms with Crippen LogP contribution in [0.3, 0.4) is 0 Å².